The van der Waals surface area contributed by atoms with E-state index in [-0.39, 0.29) is 0 Å². The highest BCUT2D eigenvalue weighted by atomic mass is 15.3. The molecule has 0 amide bonds. The first kappa shape index (κ1) is 18.2. The van der Waals surface area contributed by atoms with Gasteiger partial charge < -0.3 is 10.6 Å². The predicted octanol–water partition coefficient (Wildman–Crippen LogP) is 3.45. The summed E-state index contributed by atoms with van der Waals surface area (Å²) < 4.78 is 0. The molecule has 0 heterocycles. The highest BCUT2D eigenvalue weighted by Crippen LogP contribution is 2.05. The molecular weight excluding hydrogens is 348 g/mol. The van der Waals surface area contributed by atoms with E-state index < -0.39 is 0 Å². The molecule has 0 fully saturated rings. The van der Waals surface area contributed by atoms with E-state index in [9.17, 15) is 0 Å². The lowest BCUT2D eigenvalue weighted by Gasteiger charge is -2.02. The Bertz CT molecular complexity index is 1260. The predicted molar refractivity (Wildman–Crippen MR) is 109 cm³/mol. The first-order valence-corrected chi connectivity index (χ1v) is 8.21. The van der Waals surface area contributed by atoms with Crippen LogP contribution in [-0.2, 0) is 0 Å². The van der Waals surface area contributed by atoms with Gasteiger partial charge in [-0.1, -0.05) is 35.1 Å². The van der Waals surface area contributed by atoms with Crippen LogP contribution < -0.4 is 10.4 Å². The molecule has 0 N–H and O–H groups in total. The molecule has 3 rings (SSSR count). The van der Waals surface area contributed by atoms with E-state index >= 15 is 0 Å². The Kier molecular flexibility index (Phi) is 5.98. The highest BCUT2D eigenvalue weighted by molar-refractivity contribution is 6.06. The largest absolute Gasteiger partial charge is 0.362 e. The average Bonchev–Trinajstić information content (AvgIpc) is 2.74. The van der Waals surface area contributed by atoms with E-state index in [4.69, 9.17) is 10.9 Å². The SMILES string of the molecule is N#[N+]N=C1C=CC(=C=C=c2ccc(=C=C=C3C=CC(=NN=[N-])C=C3)cc2)C=C1. The molecule has 0 aliphatic heterocycles. The molecular formula is C22H12N6. The van der Waals surface area contributed by atoms with Gasteiger partial charge in [-0.3, -0.25) is 5.22 Å². The molecule has 0 radical (unpaired) electrons. The van der Waals surface area contributed by atoms with Crippen LogP contribution in [-0.4, -0.2) is 11.4 Å². The van der Waals surface area contributed by atoms with Crippen LogP contribution >= 0.6 is 0 Å². The molecule has 1 aromatic carbocycles. The van der Waals surface area contributed by atoms with Crippen LogP contribution in [0, 0.1) is 5.39 Å². The van der Waals surface area contributed by atoms with E-state index in [1.807, 2.05) is 48.6 Å². The molecule has 0 spiro atoms. The van der Waals surface area contributed by atoms with Gasteiger partial charge in [0.25, 0.3) is 5.39 Å². The summed E-state index contributed by atoms with van der Waals surface area (Å²) in [5, 5.41) is 22.7. The van der Waals surface area contributed by atoms with Gasteiger partial charge in [-0.2, -0.15) is 0 Å². The van der Waals surface area contributed by atoms with Gasteiger partial charge in [0.15, 0.2) is 10.8 Å². The third-order valence-corrected chi connectivity index (χ3v) is 3.64. The summed E-state index contributed by atoms with van der Waals surface area (Å²) in [6, 6.07) is 7.65. The zero-order valence-electron chi connectivity index (χ0n) is 14.6. The Balaban J connectivity index is 1.89. The Hall–Kier alpha value is -4.60. The fraction of sp³-hybridized carbons (Fsp3) is 0. The number of hydrogen-bond acceptors (Lipinski definition) is 3. The van der Waals surface area contributed by atoms with E-state index in [0.717, 1.165) is 21.6 Å². The third-order valence-electron chi connectivity index (χ3n) is 3.64. The molecule has 6 heteroatoms. The van der Waals surface area contributed by atoms with Crippen molar-refractivity contribution >= 4 is 22.9 Å². The van der Waals surface area contributed by atoms with Crippen LogP contribution in [0.2, 0.25) is 0 Å². The van der Waals surface area contributed by atoms with E-state index in [0.29, 0.717) is 11.4 Å². The van der Waals surface area contributed by atoms with Crippen LogP contribution in [0.3, 0.4) is 0 Å². The Morgan fingerprint density at radius 2 is 1.14 bits per heavy atom. The molecule has 28 heavy (non-hydrogen) atoms. The summed E-state index contributed by atoms with van der Waals surface area (Å²) >= 11 is 0. The molecule has 2 aliphatic rings. The second kappa shape index (κ2) is 9.20. The van der Waals surface area contributed by atoms with Crippen molar-refractivity contribution in [2.45, 2.75) is 0 Å². The first-order chi connectivity index (χ1) is 13.8. The second-order valence-electron chi connectivity index (χ2n) is 5.55. The van der Waals surface area contributed by atoms with Crippen molar-refractivity contribution in [1.82, 2.24) is 0 Å². The zero-order chi connectivity index (χ0) is 19.6. The number of benzene rings is 1. The Labute approximate surface area is 160 Å². The summed E-state index contributed by atoms with van der Waals surface area (Å²) in [5.74, 6) is 0. The van der Waals surface area contributed by atoms with Crippen molar-refractivity contribution in [3.05, 3.63) is 117 Å². The Morgan fingerprint density at radius 1 is 0.679 bits per heavy atom. The lowest BCUT2D eigenvalue weighted by atomic mass is 10.1. The molecule has 130 valence electrons. The van der Waals surface area contributed by atoms with Crippen LogP contribution in [0.5, 0.6) is 0 Å². The maximum atomic E-state index is 8.40. The molecule has 6 nitrogen and oxygen atoms in total. The fourth-order valence-corrected chi connectivity index (χ4v) is 2.25. The van der Waals surface area contributed by atoms with Gasteiger partial charge >= 0.3 is 5.08 Å². The smallest absolute Gasteiger partial charge is 0.339 e. The van der Waals surface area contributed by atoms with E-state index in [1.54, 1.807) is 24.3 Å². The summed E-state index contributed by atoms with van der Waals surface area (Å²) in [4.78, 5) is 0. The van der Waals surface area contributed by atoms with Gasteiger partial charge in [-0.05, 0) is 66.4 Å². The minimum atomic E-state index is 0.559. The molecule has 1 aromatic rings. The summed E-state index contributed by atoms with van der Waals surface area (Å²) in [5.41, 5.74) is 23.5. The lowest BCUT2D eigenvalue weighted by molar-refractivity contribution is 1.22. The zero-order valence-corrected chi connectivity index (χ0v) is 14.6. The monoisotopic (exact) mass is 360 g/mol. The van der Waals surface area contributed by atoms with Crippen LogP contribution in [0.15, 0.2) is 111 Å². The quantitative estimate of drug-likeness (QED) is 0.326. The average molecular weight is 360 g/mol. The third kappa shape index (κ3) is 5.20. The van der Waals surface area contributed by atoms with Gasteiger partial charge in [-0.15, -0.1) is 0 Å². The topological polar surface area (TPSA) is 87.5 Å². The molecule has 2 aliphatic carbocycles. The Morgan fingerprint density at radius 3 is 1.57 bits per heavy atom. The number of nitrogens with zero attached hydrogens (tertiary/aromatic N) is 6. The lowest BCUT2D eigenvalue weighted by Crippen LogP contribution is -2.04. The maximum absolute atomic E-state index is 8.40. The van der Waals surface area contributed by atoms with Crippen LogP contribution in [0.4, 0.5) is 0 Å². The standard InChI is InChI=1S/C22H12N6/c23-27-25-21-13-9-19(10-14-21)7-5-17-1-2-18(4-3-17)6-8-20-11-15-22(16-12-20)26-28-24/h1-4,9-16H. The van der Waals surface area contributed by atoms with Crippen molar-refractivity contribution in [1.29, 1.82) is 5.39 Å². The van der Waals surface area contributed by atoms with Crippen molar-refractivity contribution in [2.24, 2.45) is 15.4 Å². The maximum Gasteiger partial charge on any atom is 0.339 e. The minimum Gasteiger partial charge on any atom is -0.362 e. The minimum absolute atomic E-state index is 0.559. The number of rotatable bonds is 1. The van der Waals surface area contributed by atoms with Gasteiger partial charge in [0.2, 0.25) is 0 Å². The van der Waals surface area contributed by atoms with Crippen LogP contribution in [0.25, 0.3) is 22.1 Å². The van der Waals surface area contributed by atoms with Crippen molar-refractivity contribution in [3.8, 4) is 0 Å². The molecule has 0 atom stereocenters. The molecule has 0 saturated heterocycles. The normalized spacial score (nSPS) is 13.8. The van der Waals surface area contributed by atoms with Gasteiger partial charge in [0.05, 0.1) is 0 Å². The second-order valence-corrected chi connectivity index (χ2v) is 5.55. The van der Waals surface area contributed by atoms with Crippen molar-refractivity contribution in [3.63, 3.8) is 0 Å². The summed E-state index contributed by atoms with van der Waals surface area (Å²) in [6.07, 6.45) is 14.1. The van der Waals surface area contributed by atoms with Gasteiger partial charge in [0, 0.05) is 21.6 Å². The van der Waals surface area contributed by atoms with E-state index in [1.165, 1.54) is 0 Å². The van der Waals surface area contributed by atoms with Crippen molar-refractivity contribution in [2.75, 3.05) is 0 Å². The van der Waals surface area contributed by atoms with Crippen molar-refractivity contribution < 1.29 is 0 Å². The van der Waals surface area contributed by atoms with Gasteiger partial charge in [0.1, 0.15) is 0 Å². The number of hydrogen-bond donors (Lipinski definition) is 0. The fourth-order valence-electron chi connectivity index (χ4n) is 2.25. The first-order valence-electron chi connectivity index (χ1n) is 8.21. The summed E-state index contributed by atoms with van der Waals surface area (Å²) in [6.45, 7) is 0. The van der Waals surface area contributed by atoms with Gasteiger partial charge in [-0.25, -0.2) is 0 Å². The molecule has 0 saturated carbocycles. The number of allylic oxidation sites excluding steroid dienone is 10. The van der Waals surface area contributed by atoms with Crippen LogP contribution in [0.1, 0.15) is 0 Å². The molecule has 0 bridgehead atoms. The highest BCUT2D eigenvalue weighted by Gasteiger charge is 2.00. The molecule has 0 unspecified atom stereocenters. The molecule has 0 aromatic heterocycles. The van der Waals surface area contributed by atoms with E-state index in [2.05, 4.69) is 43.4 Å². The summed E-state index contributed by atoms with van der Waals surface area (Å²) in [7, 11) is 0. The number of diazo groups is 1.